The Labute approximate surface area is 184 Å². The Morgan fingerprint density at radius 2 is 1.84 bits per heavy atom. The summed E-state index contributed by atoms with van der Waals surface area (Å²) in [5.41, 5.74) is 3.03. The van der Waals surface area contributed by atoms with Gasteiger partial charge in [0.2, 0.25) is 0 Å². The average molecular weight is 436 g/mol. The highest BCUT2D eigenvalue weighted by Gasteiger charge is 2.17. The van der Waals surface area contributed by atoms with E-state index in [1.54, 1.807) is 34.2 Å². The number of ether oxygens (including phenoxy) is 1. The summed E-state index contributed by atoms with van der Waals surface area (Å²) in [6.45, 7) is 3.31. The van der Waals surface area contributed by atoms with Crippen molar-refractivity contribution in [2.24, 2.45) is 0 Å². The first-order valence-corrected chi connectivity index (χ1v) is 10.9. The van der Waals surface area contributed by atoms with Gasteiger partial charge in [0.15, 0.2) is 0 Å². The second kappa shape index (κ2) is 9.57. The third kappa shape index (κ3) is 5.19. The first-order valence-electron chi connectivity index (χ1n) is 9.98. The molecule has 0 aliphatic carbocycles. The molecule has 0 aliphatic rings. The SMILES string of the molecule is CCOc1ccc(CNC(=O)c2cc(-c3cccs3)nn2Cc2ccc(F)cc2)cc1. The maximum atomic E-state index is 13.3. The van der Waals surface area contributed by atoms with E-state index < -0.39 is 0 Å². The summed E-state index contributed by atoms with van der Waals surface area (Å²) in [5.74, 6) is 0.290. The van der Waals surface area contributed by atoms with Crippen molar-refractivity contribution in [1.82, 2.24) is 15.1 Å². The summed E-state index contributed by atoms with van der Waals surface area (Å²) in [6, 6.07) is 19.6. The largest absolute Gasteiger partial charge is 0.494 e. The quantitative estimate of drug-likeness (QED) is 0.418. The Kier molecular flexibility index (Phi) is 6.43. The van der Waals surface area contributed by atoms with Crippen LogP contribution in [0.1, 0.15) is 28.5 Å². The van der Waals surface area contributed by atoms with E-state index in [9.17, 15) is 9.18 Å². The third-order valence-electron chi connectivity index (χ3n) is 4.72. The molecule has 1 N–H and O–H groups in total. The number of nitrogens with one attached hydrogen (secondary N) is 1. The summed E-state index contributed by atoms with van der Waals surface area (Å²) in [4.78, 5) is 14.0. The van der Waals surface area contributed by atoms with Crippen molar-refractivity contribution in [3.63, 3.8) is 0 Å². The first-order chi connectivity index (χ1) is 15.1. The molecule has 158 valence electrons. The molecule has 31 heavy (non-hydrogen) atoms. The Morgan fingerprint density at radius 1 is 1.10 bits per heavy atom. The molecular weight excluding hydrogens is 413 g/mol. The van der Waals surface area contributed by atoms with Crippen LogP contribution in [-0.4, -0.2) is 22.3 Å². The highest BCUT2D eigenvalue weighted by atomic mass is 32.1. The van der Waals surface area contributed by atoms with Gasteiger partial charge in [-0.3, -0.25) is 9.48 Å². The molecule has 0 atom stereocenters. The lowest BCUT2D eigenvalue weighted by Gasteiger charge is -2.09. The molecule has 0 aliphatic heterocycles. The van der Waals surface area contributed by atoms with E-state index in [1.165, 1.54) is 12.1 Å². The molecule has 2 aromatic carbocycles. The minimum Gasteiger partial charge on any atom is -0.494 e. The van der Waals surface area contributed by atoms with Gasteiger partial charge in [0.05, 0.1) is 18.0 Å². The molecule has 1 amide bonds. The average Bonchev–Trinajstić information content (AvgIpc) is 3.45. The Morgan fingerprint density at radius 3 is 2.52 bits per heavy atom. The van der Waals surface area contributed by atoms with E-state index in [0.29, 0.717) is 25.4 Å². The molecule has 0 unspecified atom stereocenters. The molecule has 7 heteroatoms. The van der Waals surface area contributed by atoms with E-state index in [0.717, 1.165) is 27.4 Å². The van der Waals surface area contributed by atoms with Gasteiger partial charge in [0.1, 0.15) is 23.0 Å². The van der Waals surface area contributed by atoms with E-state index in [4.69, 9.17) is 4.74 Å². The van der Waals surface area contributed by atoms with Gasteiger partial charge in [0, 0.05) is 6.54 Å². The zero-order valence-corrected chi connectivity index (χ0v) is 17.9. The van der Waals surface area contributed by atoms with Crippen molar-refractivity contribution in [3.8, 4) is 16.3 Å². The number of hydrogen-bond donors (Lipinski definition) is 1. The predicted molar refractivity (Wildman–Crippen MR) is 120 cm³/mol. The number of carbonyl (C=O) groups excluding carboxylic acids is 1. The molecule has 2 heterocycles. The Bertz CT molecular complexity index is 1140. The molecular formula is C24H22FN3O2S. The fourth-order valence-corrected chi connectivity index (χ4v) is 3.85. The number of rotatable bonds is 8. The van der Waals surface area contributed by atoms with Crippen LogP contribution < -0.4 is 10.1 Å². The number of aromatic nitrogens is 2. The number of benzene rings is 2. The highest BCUT2D eigenvalue weighted by molar-refractivity contribution is 7.13. The second-order valence-corrected chi connectivity index (χ2v) is 7.88. The van der Waals surface area contributed by atoms with Gasteiger partial charge in [-0.1, -0.05) is 30.3 Å². The first kappa shape index (κ1) is 20.8. The van der Waals surface area contributed by atoms with Crippen LogP contribution in [0.25, 0.3) is 10.6 Å². The number of hydrogen-bond acceptors (Lipinski definition) is 4. The summed E-state index contributed by atoms with van der Waals surface area (Å²) >= 11 is 1.56. The molecule has 0 spiro atoms. The summed E-state index contributed by atoms with van der Waals surface area (Å²) < 4.78 is 20.4. The van der Waals surface area contributed by atoms with E-state index in [1.807, 2.05) is 48.7 Å². The van der Waals surface area contributed by atoms with Crippen molar-refractivity contribution in [2.45, 2.75) is 20.0 Å². The smallest absolute Gasteiger partial charge is 0.269 e. The van der Waals surface area contributed by atoms with Crippen LogP contribution in [0.2, 0.25) is 0 Å². The van der Waals surface area contributed by atoms with Crippen molar-refractivity contribution in [2.75, 3.05) is 6.61 Å². The Balaban J connectivity index is 1.53. The third-order valence-corrected chi connectivity index (χ3v) is 5.61. The normalized spacial score (nSPS) is 10.8. The number of amides is 1. The van der Waals surface area contributed by atoms with Gasteiger partial charge < -0.3 is 10.1 Å². The van der Waals surface area contributed by atoms with E-state index in [2.05, 4.69) is 10.4 Å². The van der Waals surface area contributed by atoms with Crippen molar-refractivity contribution < 1.29 is 13.9 Å². The molecule has 0 radical (unpaired) electrons. The lowest BCUT2D eigenvalue weighted by Crippen LogP contribution is -2.26. The van der Waals surface area contributed by atoms with Gasteiger partial charge in [-0.2, -0.15) is 5.10 Å². The second-order valence-electron chi connectivity index (χ2n) is 6.94. The van der Waals surface area contributed by atoms with Crippen LogP contribution in [0, 0.1) is 5.82 Å². The van der Waals surface area contributed by atoms with Gasteiger partial charge in [-0.05, 0) is 59.8 Å². The fraction of sp³-hybridized carbons (Fsp3) is 0.167. The van der Waals surface area contributed by atoms with Gasteiger partial charge in [-0.15, -0.1) is 11.3 Å². The van der Waals surface area contributed by atoms with Crippen LogP contribution in [0.3, 0.4) is 0 Å². The van der Waals surface area contributed by atoms with Crippen LogP contribution in [0.5, 0.6) is 5.75 Å². The Hall–Kier alpha value is -3.45. The molecule has 0 bridgehead atoms. The lowest BCUT2D eigenvalue weighted by molar-refractivity contribution is 0.0940. The number of nitrogens with zero attached hydrogens (tertiary/aromatic N) is 2. The van der Waals surface area contributed by atoms with Gasteiger partial charge >= 0.3 is 0 Å². The maximum Gasteiger partial charge on any atom is 0.269 e. The minimum absolute atomic E-state index is 0.216. The fourth-order valence-electron chi connectivity index (χ4n) is 3.17. The topological polar surface area (TPSA) is 56.1 Å². The molecule has 5 nitrogen and oxygen atoms in total. The summed E-state index contributed by atoms with van der Waals surface area (Å²) in [6.07, 6.45) is 0. The minimum atomic E-state index is -0.295. The molecule has 4 aromatic rings. The predicted octanol–water partition coefficient (Wildman–Crippen LogP) is 5.13. The zero-order valence-electron chi connectivity index (χ0n) is 17.0. The monoisotopic (exact) mass is 435 g/mol. The molecule has 0 saturated heterocycles. The molecule has 0 fully saturated rings. The summed E-state index contributed by atoms with van der Waals surface area (Å²) in [7, 11) is 0. The zero-order chi connectivity index (χ0) is 21.6. The van der Waals surface area contributed by atoms with E-state index >= 15 is 0 Å². The standard InChI is InChI=1S/C24H22FN3O2S/c1-2-30-20-11-7-17(8-12-20)15-26-24(29)22-14-21(23-4-3-13-31-23)27-28(22)16-18-5-9-19(25)10-6-18/h3-14H,2,15-16H2,1H3,(H,26,29). The van der Waals surface area contributed by atoms with E-state index in [-0.39, 0.29) is 11.7 Å². The molecule has 4 rings (SSSR count). The van der Waals surface area contributed by atoms with Crippen LogP contribution in [0.15, 0.2) is 72.1 Å². The van der Waals surface area contributed by atoms with Gasteiger partial charge in [0.25, 0.3) is 5.91 Å². The van der Waals surface area contributed by atoms with Crippen LogP contribution >= 0.6 is 11.3 Å². The molecule has 0 saturated carbocycles. The van der Waals surface area contributed by atoms with Crippen LogP contribution in [0.4, 0.5) is 4.39 Å². The number of halogens is 1. The number of thiophene rings is 1. The van der Waals surface area contributed by atoms with Crippen molar-refractivity contribution >= 4 is 17.2 Å². The number of carbonyl (C=O) groups is 1. The van der Waals surface area contributed by atoms with Crippen LogP contribution in [-0.2, 0) is 13.1 Å². The lowest BCUT2D eigenvalue weighted by atomic mass is 10.2. The van der Waals surface area contributed by atoms with Gasteiger partial charge in [-0.25, -0.2) is 4.39 Å². The highest BCUT2D eigenvalue weighted by Crippen LogP contribution is 2.25. The molecule has 2 aromatic heterocycles. The van der Waals surface area contributed by atoms with Crippen molar-refractivity contribution in [1.29, 1.82) is 0 Å². The van der Waals surface area contributed by atoms with Crippen molar-refractivity contribution in [3.05, 3.63) is 94.7 Å². The maximum absolute atomic E-state index is 13.3. The summed E-state index contributed by atoms with van der Waals surface area (Å²) in [5, 5.41) is 9.57.